The van der Waals surface area contributed by atoms with E-state index in [0.29, 0.717) is 28.2 Å². The minimum Gasteiger partial charge on any atom is -0.456 e. The number of nitro benzene ring substituents is 1. The molecule has 0 fully saturated rings. The summed E-state index contributed by atoms with van der Waals surface area (Å²) in [5.74, 6) is 0.778. The highest BCUT2D eigenvalue weighted by Gasteiger charge is 2.11. The molecule has 0 aliphatic rings. The molecule has 6 heteroatoms. The van der Waals surface area contributed by atoms with Crippen molar-refractivity contribution in [3.05, 3.63) is 63.2 Å². The number of aryl methyl sites for hydroxylation is 1. The van der Waals surface area contributed by atoms with Crippen molar-refractivity contribution >= 4 is 5.69 Å². The topological polar surface area (TPSA) is 96.4 Å². The lowest BCUT2D eigenvalue weighted by atomic mass is 10.1. The second kappa shape index (κ2) is 6.03. The van der Waals surface area contributed by atoms with Gasteiger partial charge in [-0.15, -0.1) is 0 Å². The maximum atomic E-state index is 10.7. The standard InChI is InChI=1S/C15H12N2O4/c1-10-6-13(17(19)20)3-5-14(10)21-15-4-2-11(9-18)7-12(15)8-16/h2-7,18H,9H2,1H3. The number of hydrogen-bond acceptors (Lipinski definition) is 5. The molecular weight excluding hydrogens is 272 g/mol. The Kier molecular flexibility index (Phi) is 4.16. The number of nitro groups is 1. The van der Waals surface area contributed by atoms with Gasteiger partial charge in [0.25, 0.3) is 5.69 Å². The predicted octanol–water partition coefficient (Wildman–Crippen LogP) is 3.06. The summed E-state index contributed by atoms with van der Waals surface area (Å²) in [5, 5.41) is 28.8. The summed E-state index contributed by atoms with van der Waals surface area (Å²) >= 11 is 0. The van der Waals surface area contributed by atoms with Crippen molar-refractivity contribution < 1.29 is 14.8 Å². The molecule has 0 bridgehead atoms. The molecule has 0 heterocycles. The third-order valence-electron chi connectivity index (χ3n) is 2.94. The van der Waals surface area contributed by atoms with Crippen LogP contribution in [-0.2, 0) is 6.61 Å². The highest BCUT2D eigenvalue weighted by molar-refractivity contribution is 5.50. The van der Waals surface area contributed by atoms with Crippen LogP contribution in [0.2, 0.25) is 0 Å². The number of benzene rings is 2. The summed E-state index contributed by atoms with van der Waals surface area (Å²) < 4.78 is 5.64. The van der Waals surface area contributed by atoms with Gasteiger partial charge in [-0.05, 0) is 36.2 Å². The Balaban J connectivity index is 2.34. The molecule has 2 rings (SSSR count). The van der Waals surface area contributed by atoms with Crippen LogP contribution in [0.25, 0.3) is 0 Å². The number of hydrogen-bond donors (Lipinski definition) is 1. The van der Waals surface area contributed by atoms with E-state index < -0.39 is 4.92 Å². The molecule has 0 spiro atoms. The molecule has 0 unspecified atom stereocenters. The van der Waals surface area contributed by atoms with Gasteiger partial charge in [-0.25, -0.2) is 0 Å². The molecule has 0 radical (unpaired) electrons. The SMILES string of the molecule is Cc1cc([N+](=O)[O-])ccc1Oc1ccc(CO)cc1C#N. The van der Waals surface area contributed by atoms with Crippen LogP contribution in [0, 0.1) is 28.4 Å². The molecule has 0 saturated carbocycles. The van der Waals surface area contributed by atoms with Crippen LogP contribution in [0.3, 0.4) is 0 Å². The fourth-order valence-corrected chi connectivity index (χ4v) is 1.83. The van der Waals surface area contributed by atoms with Crippen LogP contribution < -0.4 is 4.74 Å². The third kappa shape index (κ3) is 3.16. The second-order valence-electron chi connectivity index (χ2n) is 4.41. The normalized spacial score (nSPS) is 9.95. The molecule has 2 aromatic rings. The van der Waals surface area contributed by atoms with Gasteiger partial charge in [-0.2, -0.15) is 5.26 Å². The van der Waals surface area contributed by atoms with Gasteiger partial charge >= 0.3 is 0 Å². The van der Waals surface area contributed by atoms with Crippen LogP contribution in [0.15, 0.2) is 36.4 Å². The Morgan fingerprint density at radius 2 is 2.00 bits per heavy atom. The fraction of sp³-hybridized carbons (Fsp3) is 0.133. The van der Waals surface area contributed by atoms with E-state index in [9.17, 15) is 10.1 Å². The lowest BCUT2D eigenvalue weighted by Crippen LogP contribution is -1.94. The van der Waals surface area contributed by atoms with Crippen LogP contribution in [0.1, 0.15) is 16.7 Å². The number of non-ortho nitro benzene ring substituents is 1. The Bertz CT molecular complexity index is 735. The summed E-state index contributed by atoms with van der Waals surface area (Å²) in [5.41, 5.74) is 1.48. The zero-order chi connectivity index (χ0) is 15.4. The molecule has 21 heavy (non-hydrogen) atoms. The number of nitrogens with zero attached hydrogens (tertiary/aromatic N) is 2. The summed E-state index contributed by atoms with van der Waals surface area (Å²) in [6.45, 7) is 1.53. The van der Waals surface area contributed by atoms with E-state index in [1.807, 2.05) is 6.07 Å². The number of aliphatic hydroxyl groups excluding tert-OH is 1. The highest BCUT2D eigenvalue weighted by atomic mass is 16.6. The van der Waals surface area contributed by atoms with Crippen LogP contribution in [0.5, 0.6) is 11.5 Å². The minimum atomic E-state index is -0.479. The largest absolute Gasteiger partial charge is 0.456 e. The van der Waals surface area contributed by atoms with Crippen molar-refractivity contribution in [2.24, 2.45) is 0 Å². The van der Waals surface area contributed by atoms with Crippen molar-refractivity contribution in [3.8, 4) is 17.6 Å². The van der Waals surface area contributed by atoms with Crippen molar-refractivity contribution in [3.63, 3.8) is 0 Å². The second-order valence-corrected chi connectivity index (χ2v) is 4.41. The van der Waals surface area contributed by atoms with Gasteiger partial charge in [0.15, 0.2) is 0 Å². The first-order chi connectivity index (χ1) is 10.0. The van der Waals surface area contributed by atoms with Crippen molar-refractivity contribution in [2.75, 3.05) is 0 Å². The summed E-state index contributed by atoms with van der Waals surface area (Å²) in [6.07, 6.45) is 0. The summed E-state index contributed by atoms with van der Waals surface area (Å²) in [6, 6.07) is 11.0. The number of nitriles is 1. The molecule has 6 nitrogen and oxygen atoms in total. The van der Waals surface area contributed by atoms with E-state index in [2.05, 4.69) is 0 Å². The Morgan fingerprint density at radius 3 is 2.57 bits per heavy atom. The average Bonchev–Trinajstić information content (AvgIpc) is 2.49. The number of rotatable bonds is 4. The molecule has 0 amide bonds. The van der Waals surface area contributed by atoms with Crippen LogP contribution >= 0.6 is 0 Å². The summed E-state index contributed by atoms with van der Waals surface area (Å²) in [7, 11) is 0. The lowest BCUT2D eigenvalue weighted by molar-refractivity contribution is -0.384. The molecular formula is C15H12N2O4. The van der Waals surface area contributed by atoms with E-state index >= 15 is 0 Å². The van der Waals surface area contributed by atoms with Gasteiger partial charge in [0, 0.05) is 12.1 Å². The minimum absolute atomic E-state index is 0.0176. The van der Waals surface area contributed by atoms with Gasteiger partial charge in [0.05, 0.1) is 17.1 Å². The molecule has 1 N–H and O–H groups in total. The Morgan fingerprint density at radius 1 is 1.29 bits per heavy atom. The summed E-state index contributed by atoms with van der Waals surface area (Å²) in [4.78, 5) is 10.2. The van der Waals surface area contributed by atoms with Crippen molar-refractivity contribution in [1.29, 1.82) is 5.26 Å². The van der Waals surface area contributed by atoms with Gasteiger partial charge in [0.1, 0.15) is 17.6 Å². The Hall–Kier alpha value is -2.91. The average molecular weight is 284 g/mol. The van der Waals surface area contributed by atoms with E-state index in [1.165, 1.54) is 24.3 Å². The van der Waals surface area contributed by atoms with Crippen LogP contribution in [-0.4, -0.2) is 10.0 Å². The first-order valence-corrected chi connectivity index (χ1v) is 6.12. The molecule has 0 atom stereocenters. The predicted molar refractivity (Wildman–Crippen MR) is 75.0 cm³/mol. The van der Waals surface area contributed by atoms with Gasteiger partial charge < -0.3 is 9.84 Å². The van der Waals surface area contributed by atoms with E-state index in [1.54, 1.807) is 19.1 Å². The van der Waals surface area contributed by atoms with E-state index in [4.69, 9.17) is 15.1 Å². The first kappa shape index (κ1) is 14.5. The number of aliphatic hydroxyl groups is 1. The number of ether oxygens (including phenoxy) is 1. The monoisotopic (exact) mass is 284 g/mol. The van der Waals surface area contributed by atoms with Crippen LogP contribution in [0.4, 0.5) is 5.69 Å². The van der Waals surface area contributed by atoms with E-state index in [0.717, 1.165) is 0 Å². The fourth-order valence-electron chi connectivity index (χ4n) is 1.83. The van der Waals surface area contributed by atoms with E-state index in [-0.39, 0.29) is 12.3 Å². The highest BCUT2D eigenvalue weighted by Crippen LogP contribution is 2.30. The van der Waals surface area contributed by atoms with Crippen molar-refractivity contribution in [1.82, 2.24) is 0 Å². The molecule has 0 aromatic heterocycles. The zero-order valence-electron chi connectivity index (χ0n) is 11.2. The molecule has 0 aliphatic carbocycles. The quantitative estimate of drug-likeness (QED) is 0.687. The van der Waals surface area contributed by atoms with Gasteiger partial charge in [-0.3, -0.25) is 10.1 Å². The first-order valence-electron chi connectivity index (χ1n) is 6.12. The smallest absolute Gasteiger partial charge is 0.269 e. The molecule has 106 valence electrons. The molecule has 0 saturated heterocycles. The zero-order valence-corrected chi connectivity index (χ0v) is 11.2. The Labute approximate surface area is 121 Å². The molecule has 2 aromatic carbocycles. The van der Waals surface area contributed by atoms with Crippen molar-refractivity contribution in [2.45, 2.75) is 13.5 Å². The third-order valence-corrected chi connectivity index (χ3v) is 2.94. The maximum Gasteiger partial charge on any atom is 0.269 e. The van der Waals surface area contributed by atoms with Gasteiger partial charge in [-0.1, -0.05) is 6.07 Å². The maximum absolute atomic E-state index is 10.7. The van der Waals surface area contributed by atoms with Gasteiger partial charge in [0.2, 0.25) is 0 Å². The lowest BCUT2D eigenvalue weighted by Gasteiger charge is -2.10. The molecule has 0 aliphatic heterocycles.